The van der Waals surface area contributed by atoms with E-state index >= 15 is 0 Å². The summed E-state index contributed by atoms with van der Waals surface area (Å²) in [6, 6.07) is 4.55. The number of nitrogen functional groups attached to an aromatic ring is 1. The van der Waals surface area contributed by atoms with Crippen LogP contribution in [-0.4, -0.2) is 44.1 Å². The van der Waals surface area contributed by atoms with Crippen molar-refractivity contribution in [2.45, 2.75) is 23.8 Å². The minimum absolute atomic E-state index is 0.0551. The van der Waals surface area contributed by atoms with E-state index in [2.05, 4.69) is 0 Å². The zero-order valence-electron chi connectivity index (χ0n) is 11.9. The van der Waals surface area contributed by atoms with Crippen molar-refractivity contribution < 1.29 is 18.3 Å². The first kappa shape index (κ1) is 14.6. The SMILES string of the molecule is COc1cc(N)ccc1S(=O)(=O)N1CC2CCC(O)C2C1. The van der Waals surface area contributed by atoms with Crippen molar-refractivity contribution in [3.05, 3.63) is 18.2 Å². The summed E-state index contributed by atoms with van der Waals surface area (Å²) in [6.45, 7) is 0.847. The molecule has 1 saturated heterocycles. The summed E-state index contributed by atoms with van der Waals surface area (Å²) in [6.07, 6.45) is 1.27. The predicted molar refractivity (Wildman–Crippen MR) is 78.4 cm³/mol. The summed E-state index contributed by atoms with van der Waals surface area (Å²) >= 11 is 0. The van der Waals surface area contributed by atoms with Gasteiger partial charge in [-0.15, -0.1) is 0 Å². The first-order chi connectivity index (χ1) is 9.93. The molecule has 1 aliphatic carbocycles. The minimum atomic E-state index is -3.62. The van der Waals surface area contributed by atoms with Crippen LogP contribution in [0.4, 0.5) is 5.69 Å². The lowest BCUT2D eigenvalue weighted by atomic mass is 10.00. The van der Waals surface area contributed by atoms with E-state index in [1.165, 1.54) is 23.5 Å². The van der Waals surface area contributed by atoms with Crippen LogP contribution in [0.2, 0.25) is 0 Å². The number of aliphatic hydroxyl groups excluding tert-OH is 1. The number of hydrogen-bond donors (Lipinski definition) is 2. The second-order valence-corrected chi connectivity index (χ2v) is 7.71. The summed E-state index contributed by atoms with van der Waals surface area (Å²) < 4.78 is 32.2. The van der Waals surface area contributed by atoms with Crippen LogP contribution in [0.15, 0.2) is 23.1 Å². The summed E-state index contributed by atoms with van der Waals surface area (Å²) in [5.74, 6) is 0.571. The highest BCUT2D eigenvalue weighted by molar-refractivity contribution is 7.89. The fraction of sp³-hybridized carbons (Fsp3) is 0.571. The number of fused-ring (bicyclic) bond motifs is 1. The van der Waals surface area contributed by atoms with Crippen LogP contribution in [0.1, 0.15) is 12.8 Å². The third kappa shape index (κ3) is 2.39. The lowest BCUT2D eigenvalue weighted by Crippen LogP contribution is -2.31. The van der Waals surface area contributed by atoms with Crippen LogP contribution < -0.4 is 10.5 Å². The van der Waals surface area contributed by atoms with Gasteiger partial charge in [-0.3, -0.25) is 0 Å². The standard InChI is InChI=1S/C14H20N2O4S/c1-20-13-6-10(15)3-5-14(13)21(18,19)16-7-9-2-4-12(17)11(9)8-16/h3,5-6,9,11-12,17H,2,4,7-8,15H2,1H3. The first-order valence-electron chi connectivity index (χ1n) is 7.05. The van der Waals surface area contributed by atoms with Crippen molar-refractivity contribution >= 4 is 15.7 Å². The van der Waals surface area contributed by atoms with Crippen molar-refractivity contribution in [1.29, 1.82) is 0 Å². The summed E-state index contributed by atoms with van der Waals surface area (Å²) in [5.41, 5.74) is 6.13. The molecule has 0 bridgehead atoms. The molecule has 0 aromatic heterocycles. The maximum absolute atomic E-state index is 12.8. The molecule has 3 rings (SSSR count). The van der Waals surface area contributed by atoms with E-state index in [1.54, 1.807) is 6.07 Å². The third-order valence-corrected chi connectivity index (χ3v) is 6.46. The number of rotatable bonds is 3. The average Bonchev–Trinajstić information content (AvgIpc) is 3.01. The number of hydrogen-bond acceptors (Lipinski definition) is 5. The van der Waals surface area contributed by atoms with Gasteiger partial charge >= 0.3 is 0 Å². The molecule has 1 aromatic carbocycles. The van der Waals surface area contributed by atoms with E-state index in [4.69, 9.17) is 10.5 Å². The molecule has 21 heavy (non-hydrogen) atoms. The summed E-state index contributed by atoms with van der Waals surface area (Å²) in [4.78, 5) is 0.133. The quantitative estimate of drug-likeness (QED) is 0.800. The molecule has 2 fully saturated rings. The minimum Gasteiger partial charge on any atom is -0.495 e. The average molecular weight is 312 g/mol. The zero-order chi connectivity index (χ0) is 15.2. The molecule has 116 valence electrons. The molecule has 3 N–H and O–H groups in total. The van der Waals surface area contributed by atoms with Gasteiger partial charge in [-0.25, -0.2) is 8.42 Å². The fourth-order valence-electron chi connectivity index (χ4n) is 3.43. The molecule has 1 aromatic rings. The van der Waals surface area contributed by atoms with E-state index in [0.717, 1.165) is 12.8 Å². The van der Waals surface area contributed by atoms with Crippen molar-refractivity contribution in [2.24, 2.45) is 11.8 Å². The third-order valence-electron chi connectivity index (χ3n) is 4.59. The Kier molecular flexibility index (Phi) is 3.59. The van der Waals surface area contributed by atoms with Crippen LogP contribution in [0, 0.1) is 11.8 Å². The molecule has 6 nitrogen and oxygen atoms in total. The molecule has 3 atom stereocenters. The largest absolute Gasteiger partial charge is 0.495 e. The second kappa shape index (κ2) is 5.15. The molecule has 7 heteroatoms. The van der Waals surface area contributed by atoms with Crippen molar-refractivity contribution in [1.82, 2.24) is 4.31 Å². The van der Waals surface area contributed by atoms with Crippen LogP contribution in [-0.2, 0) is 10.0 Å². The molecule has 1 heterocycles. The molecule has 0 spiro atoms. The fourth-order valence-corrected chi connectivity index (χ4v) is 5.10. The van der Waals surface area contributed by atoms with Gasteiger partial charge in [-0.1, -0.05) is 0 Å². The zero-order valence-corrected chi connectivity index (χ0v) is 12.7. The second-order valence-electron chi connectivity index (χ2n) is 5.80. The summed E-state index contributed by atoms with van der Waals surface area (Å²) in [5, 5.41) is 9.93. The molecular formula is C14H20N2O4S. The van der Waals surface area contributed by atoms with Gasteiger partial charge in [-0.05, 0) is 30.9 Å². The highest BCUT2D eigenvalue weighted by Gasteiger charge is 2.46. The predicted octanol–water partition coefficient (Wildman–Crippen LogP) is 0.669. The van der Waals surface area contributed by atoms with Gasteiger partial charge < -0.3 is 15.6 Å². The van der Waals surface area contributed by atoms with Crippen LogP contribution in [0.25, 0.3) is 0 Å². The molecule has 3 unspecified atom stereocenters. The Bertz CT molecular complexity index is 646. The van der Waals surface area contributed by atoms with E-state index in [9.17, 15) is 13.5 Å². The maximum atomic E-state index is 12.8. The van der Waals surface area contributed by atoms with Gasteiger partial charge in [0.1, 0.15) is 10.6 Å². The van der Waals surface area contributed by atoms with Gasteiger partial charge in [0.2, 0.25) is 10.0 Å². The number of methoxy groups -OCH3 is 1. The van der Waals surface area contributed by atoms with Gasteiger partial charge in [0.25, 0.3) is 0 Å². The van der Waals surface area contributed by atoms with Crippen LogP contribution in [0.3, 0.4) is 0 Å². The van der Waals surface area contributed by atoms with Crippen LogP contribution >= 0.6 is 0 Å². The Morgan fingerprint density at radius 3 is 2.76 bits per heavy atom. The van der Waals surface area contributed by atoms with E-state index < -0.39 is 10.0 Å². The molecule has 0 radical (unpaired) electrons. The first-order valence-corrected chi connectivity index (χ1v) is 8.49. The molecule has 0 amide bonds. The molecule has 1 saturated carbocycles. The highest BCUT2D eigenvalue weighted by Crippen LogP contribution is 2.41. The Hall–Kier alpha value is -1.31. The normalized spacial score (nSPS) is 29.5. The highest BCUT2D eigenvalue weighted by atomic mass is 32.2. The van der Waals surface area contributed by atoms with Gasteiger partial charge in [0.15, 0.2) is 0 Å². The van der Waals surface area contributed by atoms with E-state index in [0.29, 0.717) is 18.8 Å². The smallest absolute Gasteiger partial charge is 0.246 e. The van der Waals surface area contributed by atoms with Crippen molar-refractivity contribution in [3.8, 4) is 5.75 Å². The number of benzene rings is 1. The number of aliphatic hydroxyl groups is 1. The number of nitrogens with two attached hydrogens (primary N) is 1. The molecule has 2 aliphatic rings. The Morgan fingerprint density at radius 2 is 2.10 bits per heavy atom. The van der Waals surface area contributed by atoms with Gasteiger partial charge in [-0.2, -0.15) is 4.31 Å². The number of ether oxygens (including phenoxy) is 1. The Labute approximate surface area is 124 Å². The monoisotopic (exact) mass is 312 g/mol. The number of sulfonamides is 1. The van der Waals surface area contributed by atoms with Crippen LogP contribution in [0.5, 0.6) is 5.75 Å². The lowest BCUT2D eigenvalue weighted by Gasteiger charge is -2.20. The summed E-state index contributed by atoms with van der Waals surface area (Å²) in [7, 11) is -2.20. The lowest BCUT2D eigenvalue weighted by molar-refractivity contribution is 0.129. The number of nitrogens with zero attached hydrogens (tertiary/aromatic N) is 1. The Balaban J connectivity index is 1.92. The van der Waals surface area contributed by atoms with Gasteiger partial charge in [0, 0.05) is 30.8 Å². The van der Waals surface area contributed by atoms with E-state index in [-0.39, 0.29) is 28.6 Å². The molecule has 1 aliphatic heterocycles. The molecular weight excluding hydrogens is 292 g/mol. The van der Waals surface area contributed by atoms with Crippen molar-refractivity contribution in [3.63, 3.8) is 0 Å². The van der Waals surface area contributed by atoms with E-state index in [1.807, 2.05) is 0 Å². The van der Waals surface area contributed by atoms with Crippen molar-refractivity contribution in [2.75, 3.05) is 25.9 Å². The number of anilines is 1. The topological polar surface area (TPSA) is 92.9 Å². The van der Waals surface area contributed by atoms with Gasteiger partial charge in [0.05, 0.1) is 13.2 Å². The Morgan fingerprint density at radius 1 is 1.33 bits per heavy atom. The maximum Gasteiger partial charge on any atom is 0.246 e.